The van der Waals surface area contributed by atoms with Crippen molar-refractivity contribution in [3.8, 4) is 0 Å². The van der Waals surface area contributed by atoms with E-state index in [4.69, 9.17) is 5.73 Å². The number of nitro groups is 1. The second-order valence-electron chi connectivity index (χ2n) is 2.58. The molecule has 1 rings (SSSR count). The molecule has 0 atom stereocenters. The molecule has 0 aliphatic heterocycles. The minimum Gasteiger partial charge on any atom is -0.368 e. The van der Waals surface area contributed by atoms with Crippen LogP contribution in [0.3, 0.4) is 0 Å². The Morgan fingerprint density at radius 2 is 2.40 bits per heavy atom. The van der Waals surface area contributed by atoms with E-state index in [0.717, 1.165) is 0 Å². The number of hydroxylamine groups is 1. The summed E-state index contributed by atoms with van der Waals surface area (Å²) in [6, 6.07) is 5.80. The monoisotopic (exact) mass is 210 g/mol. The Labute approximate surface area is 85.7 Å². The largest absolute Gasteiger partial charge is 0.368 e. The number of nitrogens with one attached hydrogen (secondary N) is 1. The van der Waals surface area contributed by atoms with Gasteiger partial charge in [-0.1, -0.05) is 6.07 Å². The molecule has 0 saturated carbocycles. The van der Waals surface area contributed by atoms with Gasteiger partial charge in [-0.05, 0) is 6.07 Å². The highest BCUT2D eigenvalue weighted by atomic mass is 16.6. The Bertz CT molecular complexity index is 391. The smallest absolute Gasteiger partial charge is 0.271 e. The molecule has 0 bridgehead atoms. The van der Waals surface area contributed by atoms with Crippen molar-refractivity contribution >= 4 is 17.3 Å². The summed E-state index contributed by atoms with van der Waals surface area (Å²) >= 11 is 0. The molecule has 3 N–H and O–H groups in total. The first-order chi connectivity index (χ1) is 7.13. The third-order valence-corrected chi connectivity index (χ3v) is 1.50. The lowest BCUT2D eigenvalue weighted by Gasteiger charge is -2.00. The van der Waals surface area contributed by atoms with Crippen LogP contribution in [0.15, 0.2) is 29.3 Å². The van der Waals surface area contributed by atoms with Gasteiger partial charge >= 0.3 is 0 Å². The molecular weight excluding hydrogens is 200 g/mol. The predicted octanol–water partition coefficient (Wildman–Crippen LogP) is 0.692. The highest BCUT2D eigenvalue weighted by molar-refractivity contribution is 5.80. The molecule has 1 aromatic rings. The lowest BCUT2D eigenvalue weighted by atomic mass is 10.3. The van der Waals surface area contributed by atoms with Gasteiger partial charge in [-0.2, -0.15) is 0 Å². The van der Waals surface area contributed by atoms with E-state index in [9.17, 15) is 10.1 Å². The summed E-state index contributed by atoms with van der Waals surface area (Å²) in [6.45, 7) is 0. The fraction of sp³-hybridized carbons (Fsp3) is 0.125. The van der Waals surface area contributed by atoms with Gasteiger partial charge < -0.3 is 5.73 Å². The number of rotatable bonds is 3. The Morgan fingerprint density at radius 3 is 3.00 bits per heavy atom. The van der Waals surface area contributed by atoms with Gasteiger partial charge in [0, 0.05) is 12.1 Å². The maximum atomic E-state index is 10.5. The van der Waals surface area contributed by atoms with Crippen LogP contribution >= 0.6 is 0 Å². The van der Waals surface area contributed by atoms with Crippen LogP contribution in [-0.4, -0.2) is 18.0 Å². The zero-order chi connectivity index (χ0) is 11.3. The summed E-state index contributed by atoms with van der Waals surface area (Å²) in [4.78, 5) is 18.3. The van der Waals surface area contributed by atoms with Gasteiger partial charge in [-0.25, -0.2) is 10.5 Å². The number of nitro benzene ring substituents is 1. The quantitative estimate of drug-likeness (QED) is 0.330. The van der Waals surface area contributed by atoms with Crippen LogP contribution in [-0.2, 0) is 4.84 Å². The maximum absolute atomic E-state index is 10.5. The van der Waals surface area contributed by atoms with Gasteiger partial charge in [0.05, 0.1) is 17.7 Å². The van der Waals surface area contributed by atoms with E-state index < -0.39 is 4.92 Å². The first-order valence-electron chi connectivity index (χ1n) is 4.01. The SMILES string of the molecule is CONC(N)=Nc1cccc([N+](=O)[O-])c1. The minimum absolute atomic E-state index is 0.0259. The summed E-state index contributed by atoms with van der Waals surface area (Å²) in [5, 5.41) is 10.5. The Balaban J connectivity index is 2.91. The number of hydrogen-bond donors (Lipinski definition) is 2. The average molecular weight is 210 g/mol. The molecule has 0 fully saturated rings. The molecule has 0 radical (unpaired) electrons. The van der Waals surface area contributed by atoms with Crippen LogP contribution in [0.4, 0.5) is 11.4 Å². The summed E-state index contributed by atoms with van der Waals surface area (Å²) in [6.07, 6.45) is 0. The van der Waals surface area contributed by atoms with Crippen LogP contribution in [0.1, 0.15) is 0 Å². The van der Waals surface area contributed by atoms with Gasteiger partial charge in [0.15, 0.2) is 0 Å². The first-order valence-corrected chi connectivity index (χ1v) is 4.01. The van der Waals surface area contributed by atoms with Crippen molar-refractivity contribution in [2.75, 3.05) is 7.11 Å². The van der Waals surface area contributed by atoms with Crippen LogP contribution in [0.25, 0.3) is 0 Å². The number of nitrogens with two attached hydrogens (primary N) is 1. The number of guanidine groups is 1. The number of non-ortho nitro benzene ring substituents is 1. The highest BCUT2D eigenvalue weighted by Crippen LogP contribution is 2.19. The van der Waals surface area contributed by atoms with E-state index in [1.54, 1.807) is 6.07 Å². The van der Waals surface area contributed by atoms with Crippen molar-refractivity contribution < 1.29 is 9.76 Å². The molecule has 0 amide bonds. The second-order valence-corrected chi connectivity index (χ2v) is 2.58. The lowest BCUT2D eigenvalue weighted by Crippen LogP contribution is -2.29. The van der Waals surface area contributed by atoms with Crippen LogP contribution in [0.2, 0.25) is 0 Å². The number of benzene rings is 1. The maximum Gasteiger partial charge on any atom is 0.271 e. The van der Waals surface area contributed by atoms with E-state index in [-0.39, 0.29) is 11.6 Å². The fourth-order valence-electron chi connectivity index (χ4n) is 0.943. The first kappa shape index (κ1) is 10.9. The number of aliphatic imine (C=N–C) groups is 1. The molecule has 0 aliphatic rings. The molecule has 0 aliphatic carbocycles. The summed E-state index contributed by atoms with van der Waals surface area (Å²) in [7, 11) is 1.38. The van der Waals surface area contributed by atoms with E-state index >= 15 is 0 Å². The van der Waals surface area contributed by atoms with Crippen molar-refractivity contribution in [1.82, 2.24) is 5.48 Å². The van der Waals surface area contributed by atoms with Gasteiger partial charge in [-0.15, -0.1) is 0 Å². The molecular formula is C8H10N4O3. The van der Waals surface area contributed by atoms with E-state index in [1.165, 1.54) is 25.3 Å². The topological polar surface area (TPSA) is 103 Å². The van der Waals surface area contributed by atoms with E-state index in [0.29, 0.717) is 5.69 Å². The average Bonchev–Trinajstić information content (AvgIpc) is 2.18. The molecule has 0 heterocycles. The molecule has 80 valence electrons. The zero-order valence-electron chi connectivity index (χ0n) is 8.01. The molecule has 7 nitrogen and oxygen atoms in total. The minimum atomic E-state index is -0.501. The van der Waals surface area contributed by atoms with E-state index in [1.807, 2.05) is 0 Å². The van der Waals surface area contributed by atoms with Crippen molar-refractivity contribution in [1.29, 1.82) is 0 Å². The van der Waals surface area contributed by atoms with Crippen molar-refractivity contribution in [2.24, 2.45) is 10.7 Å². The lowest BCUT2D eigenvalue weighted by molar-refractivity contribution is -0.384. The third kappa shape index (κ3) is 3.24. The van der Waals surface area contributed by atoms with E-state index in [2.05, 4.69) is 15.3 Å². The Hall–Kier alpha value is -2.15. The molecule has 0 spiro atoms. The van der Waals surface area contributed by atoms with Crippen molar-refractivity contribution in [2.45, 2.75) is 0 Å². The molecule has 0 aromatic heterocycles. The fourth-order valence-corrected chi connectivity index (χ4v) is 0.943. The Morgan fingerprint density at radius 1 is 1.67 bits per heavy atom. The predicted molar refractivity (Wildman–Crippen MR) is 54.5 cm³/mol. The number of hydrogen-bond acceptors (Lipinski definition) is 4. The summed E-state index contributed by atoms with van der Waals surface area (Å²) in [5.41, 5.74) is 8.03. The van der Waals surface area contributed by atoms with Crippen molar-refractivity contribution in [3.63, 3.8) is 0 Å². The summed E-state index contributed by atoms with van der Waals surface area (Å²) < 4.78 is 0. The van der Waals surface area contributed by atoms with Crippen LogP contribution in [0, 0.1) is 10.1 Å². The zero-order valence-corrected chi connectivity index (χ0v) is 8.01. The van der Waals surface area contributed by atoms with Gasteiger partial charge in [0.25, 0.3) is 5.69 Å². The van der Waals surface area contributed by atoms with Gasteiger partial charge in [-0.3, -0.25) is 15.0 Å². The molecule has 7 heteroatoms. The summed E-state index contributed by atoms with van der Waals surface area (Å²) in [5.74, 6) is 0.0259. The molecule has 1 aromatic carbocycles. The van der Waals surface area contributed by atoms with Crippen LogP contribution < -0.4 is 11.2 Å². The van der Waals surface area contributed by atoms with Crippen LogP contribution in [0.5, 0.6) is 0 Å². The molecule has 0 unspecified atom stereocenters. The standard InChI is InChI=1S/C8H10N4O3/c1-15-11-8(9)10-6-3-2-4-7(5-6)12(13)14/h2-5H,1H3,(H3,9,10,11). The Kier molecular flexibility index (Phi) is 3.58. The molecule has 15 heavy (non-hydrogen) atoms. The second kappa shape index (κ2) is 4.91. The molecule has 0 saturated heterocycles. The highest BCUT2D eigenvalue weighted by Gasteiger charge is 2.04. The normalized spacial score (nSPS) is 11.1. The number of nitrogens with zero attached hydrogens (tertiary/aromatic N) is 2. The third-order valence-electron chi connectivity index (χ3n) is 1.50. The van der Waals surface area contributed by atoms with Crippen molar-refractivity contribution in [3.05, 3.63) is 34.4 Å². The van der Waals surface area contributed by atoms with Gasteiger partial charge in [0.2, 0.25) is 5.96 Å². The van der Waals surface area contributed by atoms with Gasteiger partial charge in [0.1, 0.15) is 0 Å².